The fourth-order valence-corrected chi connectivity index (χ4v) is 1.47. The van der Waals surface area contributed by atoms with Crippen LogP contribution in [0.2, 0.25) is 5.02 Å². The van der Waals surface area contributed by atoms with E-state index in [1.54, 1.807) is 6.07 Å². The van der Waals surface area contributed by atoms with E-state index >= 15 is 0 Å². The van der Waals surface area contributed by atoms with Gasteiger partial charge < -0.3 is 5.32 Å². The Morgan fingerprint density at radius 2 is 2.31 bits per heavy atom. The third-order valence-electron chi connectivity index (χ3n) is 1.97. The monoisotopic (exact) mass is 261 g/mol. The molecule has 0 aliphatic rings. The van der Waals surface area contributed by atoms with E-state index in [0.717, 1.165) is 0 Å². The summed E-state index contributed by atoms with van der Waals surface area (Å²) in [6, 6.07) is 3.62. The van der Waals surface area contributed by atoms with E-state index in [2.05, 4.69) is 11.9 Å². The SMILES string of the molecule is C=C[C@H](NC(=O)CCl)c1ccc(Cl)cc1F. The van der Waals surface area contributed by atoms with Crippen LogP contribution < -0.4 is 5.32 Å². The number of alkyl halides is 1. The molecule has 5 heteroatoms. The number of carbonyl (C=O) groups is 1. The molecule has 0 unspecified atom stereocenters. The lowest BCUT2D eigenvalue weighted by molar-refractivity contribution is -0.119. The molecule has 0 aliphatic heterocycles. The number of carbonyl (C=O) groups excluding carboxylic acids is 1. The number of benzene rings is 1. The Morgan fingerprint density at radius 3 is 2.81 bits per heavy atom. The summed E-state index contributed by atoms with van der Waals surface area (Å²) in [6.07, 6.45) is 1.43. The van der Waals surface area contributed by atoms with E-state index in [0.29, 0.717) is 10.6 Å². The predicted molar refractivity (Wildman–Crippen MR) is 63.2 cm³/mol. The highest BCUT2D eigenvalue weighted by molar-refractivity contribution is 6.30. The predicted octanol–water partition coefficient (Wildman–Crippen LogP) is 3.06. The lowest BCUT2D eigenvalue weighted by atomic mass is 10.1. The van der Waals surface area contributed by atoms with Crippen molar-refractivity contribution in [3.63, 3.8) is 0 Å². The third kappa shape index (κ3) is 3.22. The number of hydrogen-bond donors (Lipinski definition) is 1. The van der Waals surface area contributed by atoms with Gasteiger partial charge in [0.2, 0.25) is 5.91 Å². The first-order valence-corrected chi connectivity index (χ1v) is 5.42. The zero-order valence-corrected chi connectivity index (χ0v) is 9.85. The summed E-state index contributed by atoms with van der Waals surface area (Å²) in [5.74, 6) is -1.06. The van der Waals surface area contributed by atoms with Crippen LogP contribution in [0.3, 0.4) is 0 Å². The number of hydrogen-bond acceptors (Lipinski definition) is 1. The molecule has 86 valence electrons. The lowest BCUT2D eigenvalue weighted by Crippen LogP contribution is -2.28. The lowest BCUT2D eigenvalue weighted by Gasteiger charge is -2.15. The van der Waals surface area contributed by atoms with E-state index in [1.165, 1.54) is 18.2 Å². The van der Waals surface area contributed by atoms with Crippen LogP contribution in [-0.2, 0) is 4.79 Å². The van der Waals surface area contributed by atoms with Crippen molar-refractivity contribution >= 4 is 29.1 Å². The van der Waals surface area contributed by atoms with Gasteiger partial charge in [-0.3, -0.25) is 4.79 Å². The van der Waals surface area contributed by atoms with Gasteiger partial charge in [-0.25, -0.2) is 4.39 Å². The third-order valence-corrected chi connectivity index (χ3v) is 2.45. The highest BCUT2D eigenvalue weighted by Crippen LogP contribution is 2.21. The number of halogens is 3. The Balaban J connectivity index is 2.95. The van der Waals surface area contributed by atoms with Crippen LogP contribution in [-0.4, -0.2) is 11.8 Å². The van der Waals surface area contributed by atoms with E-state index in [-0.39, 0.29) is 11.8 Å². The Kier molecular flexibility index (Phi) is 4.77. The molecule has 1 amide bonds. The first kappa shape index (κ1) is 13.0. The molecule has 1 aromatic rings. The Morgan fingerprint density at radius 1 is 1.62 bits per heavy atom. The average Bonchev–Trinajstić information content (AvgIpc) is 2.26. The number of rotatable bonds is 4. The zero-order valence-electron chi connectivity index (χ0n) is 8.34. The fraction of sp³-hybridized carbons (Fsp3) is 0.182. The Labute approximate surface area is 103 Å². The van der Waals surface area contributed by atoms with Crippen molar-refractivity contribution in [2.45, 2.75) is 6.04 Å². The van der Waals surface area contributed by atoms with Crippen LogP contribution in [0.5, 0.6) is 0 Å². The van der Waals surface area contributed by atoms with Crippen molar-refractivity contribution in [2.75, 3.05) is 5.88 Å². The molecule has 0 saturated heterocycles. The van der Waals surface area contributed by atoms with Crippen molar-refractivity contribution in [2.24, 2.45) is 0 Å². The second kappa shape index (κ2) is 5.87. The van der Waals surface area contributed by atoms with Crippen LogP contribution in [0.4, 0.5) is 4.39 Å². The number of nitrogens with one attached hydrogen (secondary N) is 1. The summed E-state index contributed by atoms with van der Waals surface area (Å²) in [5.41, 5.74) is 0.304. The minimum absolute atomic E-state index is 0.181. The van der Waals surface area contributed by atoms with Crippen molar-refractivity contribution in [1.29, 1.82) is 0 Å². The minimum atomic E-state index is -0.608. The van der Waals surface area contributed by atoms with Gasteiger partial charge in [0, 0.05) is 10.6 Å². The molecule has 1 rings (SSSR count). The maximum absolute atomic E-state index is 13.5. The molecule has 0 radical (unpaired) electrons. The summed E-state index contributed by atoms with van der Waals surface area (Å²) < 4.78 is 13.5. The van der Waals surface area contributed by atoms with Crippen molar-refractivity contribution in [3.8, 4) is 0 Å². The molecule has 0 heterocycles. The maximum Gasteiger partial charge on any atom is 0.235 e. The Hall–Kier alpha value is -1.06. The normalized spacial score (nSPS) is 11.9. The summed E-state index contributed by atoms with van der Waals surface area (Å²) in [7, 11) is 0. The van der Waals surface area contributed by atoms with Gasteiger partial charge >= 0.3 is 0 Å². The second-order valence-corrected chi connectivity index (χ2v) is 3.78. The first-order chi connectivity index (χ1) is 7.58. The van der Waals surface area contributed by atoms with Gasteiger partial charge in [-0.1, -0.05) is 23.7 Å². The highest BCUT2D eigenvalue weighted by atomic mass is 35.5. The molecule has 2 nitrogen and oxygen atoms in total. The first-order valence-electron chi connectivity index (χ1n) is 4.51. The van der Waals surface area contributed by atoms with Crippen LogP contribution in [0.1, 0.15) is 11.6 Å². The van der Waals surface area contributed by atoms with Gasteiger partial charge in [0.15, 0.2) is 0 Å². The van der Waals surface area contributed by atoms with Gasteiger partial charge in [0.25, 0.3) is 0 Å². The van der Waals surface area contributed by atoms with Gasteiger partial charge in [-0.05, 0) is 12.1 Å². The van der Waals surface area contributed by atoms with Gasteiger partial charge in [0.1, 0.15) is 11.7 Å². The quantitative estimate of drug-likeness (QED) is 0.655. The van der Waals surface area contributed by atoms with Crippen molar-refractivity contribution < 1.29 is 9.18 Å². The summed E-state index contributed by atoms with van der Waals surface area (Å²) in [6.45, 7) is 3.53. The van der Waals surface area contributed by atoms with Gasteiger partial charge in [-0.2, -0.15) is 0 Å². The molecule has 0 aliphatic carbocycles. The van der Waals surface area contributed by atoms with Gasteiger partial charge in [-0.15, -0.1) is 18.2 Å². The molecule has 16 heavy (non-hydrogen) atoms. The van der Waals surface area contributed by atoms with E-state index in [4.69, 9.17) is 23.2 Å². The molecule has 0 aromatic heterocycles. The topological polar surface area (TPSA) is 29.1 Å². The fourth-order valence-electron chi connectivity index (χ4n) is 1.23. The molecule has 1 N–H and O–H groups in total. The molecule has 1 atom stereocenters. The molecular formula is C11H10Cl2FNO. The second-order valence-electron chi connectivity index (χ2n) is 3.08. The van der Waals surface area contributed by atoms with Crippen LogP contribution in [0.15, 0.2) is 30.9 Å². The van der Waals surface area contributed by atoms with Gasteiger partial charge in [0.05, 0.1) is 6.04 Å². The van der Waals surface area contributed by atoms with Crippen molar-refractivity contribution in [1.82, 2.24) is 5.32 Å². The zero-order chi connectivity index (χ0) is 12.1. The summed E-state index contributed by atoms with van der Waals surface area (Å²) in [4.78, 5) is 11.1. The Bertz CT molecular complexity index is 409. The maximum atomic E-state index is 13.5. The van der Waals surface area contributed by atoms with E-state index < -0.39 is 11.9 Å². The van der Waals surface area contributed by atoms with Crippen molar-refractivity contribution in [3.05, 3.63) is 47.3 Å². The molecule has 1 aromatic carbocycles. The largest absolute Gasteiger partial charge is 0.345 e. The number of amides is 1. The smallest absolute Gasteiger partial charge is 0.235 e. The van der Waals surface area contributed by atoms with E-state index in [1.807, 2.05) is 0 Å². The molecule has 0 bridgehead atoms. The average molecular weight is 262 g/mol. The van der Waals surface area contributed by atoms with Crippen LogP contribution in [0, 0.1) is 5.82 Å². The van der Waals surface area contributed by atoms with Crippen LogP contribution in [0.25, 0.3) is 0 Å². The van der Waals surface area contributed by atoms with Crippen LogP contribution >= 0.6 is 23.2 Å². The minimum Gasteiger partial charge on any atom is -0.345 e. The molecular weight excluding hydrogens is 252 g/mol. The molecule has 0 fully saturated rings. The molecule has 0 spiro atoms. The summed E-state index contributed by atoms with van der Waals surface area (Å²) in [5, 5.41) is 2.82. The highest BCUT2D eigenvalue weighted by Gasteiger charge is 2.14. The molecule has 0 saturated carbocycles. The summed E-state index contributed by atoms with van der Waals surface area (Å²) >= 11 is 11.0. The standard InChI is InChI=1S/C11H10Cl2FNO/c1-2-10(15-11(16)6-12)8-4-3-7(13)5-9(8)14/h2-5,10H,1,6H2,(H,15,16)/t10-/m0/s1. The van der Waals surface area contributed by atoms with E-state index in [9.17, 15) is 9.18 Å².